The van der Waals surface area contributed by atoms with E-state index in [9.17, 15) is 0 Å². The van der Waals surface area contributed by atoms with Crippen LogP contribution < -0.4 is 0 Å². The van der Waals surface area contributed by atoms with E-state index < -0.39 is 7.95 Å². The highest BCUT2D eigenvalue weighted by Gasteiger charge is 2.10. The smallest absolute Gasteiger partial charge is 0.124 e. The van der Waals surface area contributed by atoms with E-state index in [2.05, 4.69) is 23.5 Å². The SMILES string of the molecule is C=C[SiH]1CCCCS1. The van der Waals surface area contributed by atoms with Gasteiger partial charge in [0, 0.05) is 0 Å². The van der Waals surface area contributed by atoms with Gasteiger partial charge in [0.05, 0.1) is 0 Å². The van der Waals surface area contributed by atoms with E-state index in [4.69, 9.17) is 0 Å². The molecule has 1 rings (SSSR count). The Kier molecular flexibility index (Phi) is 2.70. The van der Waals surface area contributed by atoms with E-state index >= 15 is 0 Å². The molecule has 0 spiro atoms. The summed E-state index contributed by atoms with van der Waals surface area (Å²) in [7, 11) is -0.425. The minimum atomic E-state index is -0.425. The van der Waals surface area contributed by atoms with Crippen molar-refractivity contribution in [3.8, 4) is 0 Å². The van der Waals surface area contributed by atoms with Crippen molar-refractivity contribution in [1.29, 1.82) is 0 Å². The summed E-state index contributed by atoms with van der Waals surface area (Å²) in [4.78, 5) is 0. The molecule has 0 nitrogen and oxygen atoms in total. The van der Waals surface area contributed by atoms with E-state index in [1.807, 2.05) is 0 Å². The summed E-state index contributed by atoms with van der Waals surface area (Å²) in [5.41, 5.74) is 2.21. The van der Waals surface area contributed by atoms with E-state index in [1.165, 1.54) is 24.6 Å². The van der Waals surface area contributed by atoms with Crippen LogP contribution in [0.1, 0.15) is 12.8 Å². The van der Waals surface area contributed by atoms with Crippen molar-refractivity contribution in [1.82, 2.24) is 0 Å². The van der Waals surface area contributed by atoms with Gasteiger partial charge in [-0.2, -0.15) is 11.2 Å². The zero-order chi connectivity index (χ0) is 5.82. The van der Waals surface area contributed by atoms with Crippen LogP contribution in [-0.2, 0) is 0 Å². The van der Waals surface area contributed by atoms with Gasteiger partial charge < -0.3 is 0 Å². The van der Waals surface area contributed by atoms with E-state index in [-0.39, 0.29) is 0 Å². The van der Waals surface area contributed by atoms with Gasteiger partial charge in [0.1, 0.15) is 7.95 Å². The third-order valence-electron chi connectivity index (χ3n) is 1.48. The molecule has 0 amide bonds. The van der Waals surface area contributed by atoms with Gasteiger partial charge >= 0.3 is 0 Å². The molecule has 1 saturated heterocycles. The predicted octanol–water partition coefficient (Wildman–Crippen LogP) is 1.96. The summed E-state index contributed by atoms with van der Waals surface area (Å²) in [6, 6.07) is 1.49. The predicted molar refractivity (Wildman–Crippen MR) is 43.8 cm³/mol. The van der Waals surface area contributed by atoms with Crippen molar-refractivity contribution in [2.75, 3.05) is 5.75 Å². The van der Waals surface area contributed by atoms with E-state index in [0.29, 0.717) is 0 Å². The molecule has 1 heterocycles. The third kappa shape index (κ3) is 1.67. The van der Waals surface area contributed by atoms with Crippen molar-refractivity contribution in [2.24, 2.45) is 0 Å². The molecule has 0 aromatic carbocycles. The highest BCUT2D eigenvalue weighted by atomic mass is 32.4. The number of hydrogen-bond donors (Lipinski definition) is 0. The summed E-state index contributed by atoms with van der Waals surface area (Å²) in [5, 5.41) is 0. The fourth-order valence-corrected chi connectivity index (χ4v) is 5.67. The van der Waals surface area contributed by atoms with Crippen LogP contribution in [0, 0.1) is 0 Å². The Bertz CT molecular complexity index is 76.6. The minimum absolute atomic E-state index is 0.425. The molecule has 0 saturated carbocycles. The first kappa shape index (κ1) is 6.43. The molecule has 1 unspecified atom stereocenters. The molecule has 46 valence electrons. The Labute approximate surface area is 56.6 Å². The first-order valence-electron chi connectivity index (χ1n) is 3.17. The molecule has 1 fully saturated rings. The lowest BCUT2D eigenvalue weighted by atomic mass is 10.4. The Morgan fingerprint density at radius 1 is 1.50 bits per heavy atom. The van der Waals surface area contributed by atoms with E-state index in [1.54, 1.807) is 0 Å². The zero-order valence-electron chi connectivity index (χ0n) is 5.10. The normalized spacial score (nSPS) is 29.8. The van der Waals surface area contributed by atoms with Gasteiger partial charge in [-0.3, -0.25) is 0 Å². The highest BCUT2D eigenvalue weighted by Crippen LogP contribution is 2.22. The fourth-order valence-electron chi connectivity index (χ4n) is 0.952. The second-order valence-corrected chi connectivity index (χ2v) is 7.82. The standard InChI is InChI=1S/C6H12SSi/c1-2-8-6-4-3-5-7-8/h2,8H,1,3-6H2. The monoisotopic (exact) mass is 144 g/mol. The average Bonchev–Trinajstić information content (AvgIpc) is 1.90. The molecule has 0 N–H and O–H groups in total. The topological polar surface area (TPSA) is 0 Å². The van der Waals surface area contributed by atoms with Gasteiger partial charge in [-0.1, -0.05) is 12.1 Å². The van der Waals surface area contributed by atoms with Crippen molar-refractivity contribution >= 4 is 19.2 Å². The van der Waals surface area contributed by atoms with Crippen molar-refractivity contribution in [3.05, 3.63) is 12.3 Å². The van der Waals surface area contributed by atoms with Gasteiger partial charge in [-0.05, 0) is 18.2 Å². The quantitative estimate of drug-likeness (QED) is 0.507. The Morgan fingerprint density at radius 3 is 2.75 bits per heavy atom. The van der Waals surface area contributed by atoms with Crippen LogP contribution in [-0.4, -0.2) is 13.7 Å². The molecule has 0 aromatic rings. The zero-order valence-corrected chi connectivity index (χ0v) is 7.07. The Balaban J connectivity index is 2.22. The molecule has 2 heteroatoms. The van der Waals surface area contributed by atoms with Crippen molar-refractivity contribution in [2.45, 2.75) is 18.9 Å². The average molecular weight is 144 g/mol. The van der Waals surface area contributed by atoms with Gasteiger partial charge in [0.15, 0.2) is 0 Å². The summed E-state index contributed by atoms with van der Waals surface area (Å²) in [5.74, 6) is 1.41. The van der Waals surface area contributed by atoms with Crippen LogP contribution in [0.4, 0.5) is 0 Å². The van der Waals surface area contributed by atoms with Crippen LogP contribution in [0.25, 0.3) is 0 Å². The van der Waals surface area contributed by atoms with Gasteiger partial charge in [0.2, 0.25) is 0 Å². The van der Waals surface area contributed by atoms with Crippen LogP contribution in [0.3, 0.4) is 0 Å². The molecule has 0 aliphatic carbocycles. The third-order valence-corrected chi connectivity index (χ3v) is 7.21. The van der Waals surface area contributed by atoms with Crippen molar-refractivity contribution in [3.63, 3.8) is 0 Å². The van der Waals surface area contributed by atoms with Gasteiger partial charge in [-0.25, -0.2) is 0 Å². The minimum Gasteiger partial charge on any atom is -0.184 e. The first-order valence-corrected chi connectivity index (χ1v) is 7.12. The van der Waals surface area contributed by atoms with Crippen LogP contribution in [0.15, 0.2) is 12.3 Å². The molecular formula is C6H12SSi. The lowest BCUT2D eigenvalue weighted by Gasteiger charge is -2.14. The van der Waals surface area contributed by atoms with Crippen LogP contribution in [0.5, 0.6) is 0 Å². The first-order chi connectivity index (χ1) is 3.93. The summed E-state index contributed by atoms with van der Waals surface area (Å²) in [6.07, 6.45) is 2.91. The molecular weight excluding hydrogens is 132 g/mol. The van der Waals surface area contributed by atoms with E-state index in [0.717, 1.165) is 0 Å². The molecule has 0 radical (unpaired) electrons. The maximum atomic E-state index is 3.83. The van der Waals surface area contributed by atoms with Crippen LogP contribution >= 0.6 is 11.2 Å². The fraction of sp³-hybridized carbons (Fsp3) is 0.667. The molecule has 0 bridgehead atoms. The van der Waals surface area contributed by atoms with Crippen LogP contribution in [0.2, 0.25) is 6.04 Å². The molecule has 1 atom stereocenters. The van der Waals surface area contributed by atoms with Crippen molar-refractivity contribution < 1.29 is 0 Å². The Morgan fingerprint density at radius 2 is 2.38 bits per heavy atom. The second kappa shape index (κ2) is 3.36. The lowest BCUT2D eigenvalue weighted by molar-refractivity contribution is 0.883. The largest absolute Gasteiger partial charge is 0.184 e. The lowest BCUT2D eigenvalue weighted by Crippen LogP contribution is -2.09. The second-order valence-electron chi connectivity index (χ2n) is 2.14. The summed E-state index contributed by atoms with van der Waals surface area (Å²) < 4.78 is 0. The molecule has 1 aliphatic rings. The highest BCUT2D eigenvalue weighted by molar-refractivity contribution is 8.26. The Hall–Kier alpha value is 0.307. The molecule has 0 aromatic heterocycles. The number of hydrogen-bond acceptors (Lipinski definition) is 1. The number of rotatable bonds is 1. The summed E-state index contributed by atoms with van der Waals surface area (Å²) in [6.45, 7) is 3.83. The maximum absolute atomic E-state index is 3.83. The van der Waals surface area contributed by atoms with Gasteiger partial charge in [-0.15, -0.1) is 6.58 Å². The van der Waals surface area contributed by atoms with Gasteiger partial charge in [0.25, 0.3) is 0 Å². The molecule has 1 aliphatic heterocycles. The maximum Gasteiger partial charge on any atom is 0.124 e. The molecule has 8 heavy (non-hydrogen) atoms. The summed E-state index contributed by atoms with van der Waals surface area (Å²) >= 11 is 2.18.